The standard InChI is InChI=1S/C3H6F2.2K.2H/c1-3(2,4)5;;;;/h1-2H3;;;;. The second-order valence-electron chi connectivity index (χ2n) is 1.33. The van der Waals surface area contributed by atoms with Gasteiger partial charge in [-0.1, -0.05) is 0 Å². The zero-order chi connectivity index (χ0) is 4.50. The van der Waals surface area contributed by atoms with Gasteiger partial charge in [0.05, 0.1) is 0 Å². The van der Waals surface area contributed by atoms with Crippen LogP contribution < -0.4 is 0 Å². The van der Waals surface area contributed by atoms with Crippen LogP contribution in [0, 0.1) is 0 Å². The van der Waals surface area contributed by atoms with Crippen molar-refractivity contribution in [2.24, 2.45) is 0 Å². The molecule has 0 N–H and O–H groups in total. The van der Waals surface area contributed by atoms with Crippen LogP contribution in [0.15, 0.2) is 0 Å². The van der Waals surface area contributed by atoms with Gasteiger partial charge < -0.3 is 0 Å². The average Bonchev–Trinajstić information content (AvgIpc) is 0.722. The van der Waals surface area contributed by atoms with Crippen molar-refractivity contribution < 1.29 is 8.78 Å². The fraction of sp³-hybridized carbons (Fsp3) is 1.00. The molecular formula is C3H8F2K2. The normalized spacial score (nSPS) is 8.57. The fourth-order valence-electron chi connectivity index (χ4n) is 0. The van der Waals surface area contributed by atoms with Gasteiger partial charge >= 0.3 is 103 Å². The predicted octanol–water partition coefficient (Wildman–Crippen LogP) is 0.365. The third-order valence-corrected chi connectivity index (χ3v) is 0. The number of hydrogen-bond acceptors (Lipinski definition) is 0. The Morgan fingerprint density at radius 3 is 1.00 bits per heavy atom. The van der Waals surface area contributed by atoms with E-state index in [-0.39, 0.29) is 103 Å². The number of rotatable bonds is 0. The van der Waals surface area contributed by atoms with Crippen LogP contribution in [-0.4, -0.2) is 109 Å². The van der Waals surface area contributed by atoms with Gasteiger partial charge in [0.15, 0.2) is 0 Å². The van der Waals surface area contributed by atoms with Gasteiger partial charge in [-0.15, -0.1) is 0 Å². The molecule has 0 spiro atoms. The molecule has 0 aliphatic heterocycles. The van der Waals surface area contributed by atoms with Crippen molar-refractivity contribution in [1.82, 2.24) is 0 Å². The SMILES string of the molecule is CC(C)(F)F.[KH].[KH]. The molecule has 36 valence electrons. The van der Waals surface area contributed by atoms with Crippen molar-refractivity contribution in [2.75, 3.05) is 0 Å². The van der Waals surface area contributed by atoms with Crippen LogP contribution in [-0.2, 0) is 0 Å². The van der Waals surface area contributed by atoms with E-state index in [9.17, 15) is 8.78 Å². The quantitative estimate of drug-likeness (QED) is 0.449. The van der Waals surface area contributed by atoms with Crippen LogP contribution in [0.3, 0.4) is 0 Å². The van der Waals surface area contributed by atoms with Gasteiger partial charge in [0.1, 0.15) is 0 Å². The molecule has 0 aromatic heterocycles. The van der Waals surface area contributed by atoms with Gasteiger partial charge in [0, 0.05) is 0 Å². The Morgan fingerprint density at radius 1 is 1.00 bits per heavy atom. The molecule has 0 heterocycles. The van der Waals surface area contributed by atoms with Crippen molar-refractivity contribution >= 4 is 103 Å². The van der Waals surface area contributed by atoms with Crippen LogP contribution in [0.2, 0.25) is 0 Å². The summed E-state index contributed by atoms with van der Waals surface area (Å²) in [7, 11) is 0. The van der Waals surface area contributed by atoms with E-state index in [4.69, 9.17) is 0 Å². The first-order valence-corrected chi connectivity index (χ1v) is 1.38. The maximum absolute atomic E-state index is 11.0. The monoisotopic (exact) mass is 160 g/mol. The second kappa shape index (κ2) is 7.24. The van der Waals surface area contributed by atoms with E-state index in [0.717, 1.165) is 13.8 Å². The minimum absolute atomic E-state index is 0. The van der Waals surface area contributed by atoms with Gasteiger partial charge in [-0.05, 0) is 13.8 Å². The zero-order valence-corrected chi connectivity index (χ0v) is 3.26. The third kappa shape index (κ3) is 47.3. The van der Waals surface area contributed by atoms with Gasteiger partial charge in [-0.3, -0.25) is 0 Å². The van der Waals surface area contributed by atoms with Gasteiger partial charge in [0.25, 0.3) is 0 Å². The first-order chi connectivity index (χ1) is 2.00. The van der Waals surface area contributed by atoms with Crippen molar-refractivity contribution in [3.63, 3.8) is 0 Å². The summed E-state index contributed by atoms with van der Waals surface area (Å²) < 4.78 is 22.0. The Balaban J connectivity index is -0.0000000800. The van der Waals surface area contributed by atoms with Crippen LogP contribution in [0.1, 0.15) is 13.8 Å². The summed E-state index contributed by atoms with van der Waals surface area (Å²) in [4.78, 5) is 0. The Kier molecular flexibility index (Phi) is 17.2. The molecule has 0 aromatic carbocycles. The molecule has 0 atom stereocenters. The molecule has 0 saturated heterocycles. The molecule has 0 aliphatic carbocycles. The van der Waals surface area contributed by atoms with Crippen molar-refractivity contribution in [3.05, 3.63) is 0 Å². The summed E-state index contributed by atoms with van der Waals surface area (Å²) >= 11 is 0. The molecule has 0 aliphatic rings. The van der Waals surface area contributed by atoms with E-state index in [1.807, 2.05) is 0 Å². The molecule has 7 heavy (non-hydrogen) atoms. The van der Waals surface area contributed by atoms with Crippen molar-refractivity contribution in [2.45, 2.75) is 19.8 Å². The number of halogens is 2. The number of hydrogen-bond donors (Lipinski definition) is 0. The first kappa shape index (κ1) is 16.6. The molecule has 0 fully saturated rings. The molecule has 0 radical (unpaired) electrons. The van der Waals surface area contributed by atoms with Gasteiger partial charge in [0.2, 0.25) is 5.92 Å². The van der Waals surface area contributed by atoms with E-state index >= 15 is 0 Å². The summed E-state index contributed by atoms with van der Waals surface area (Å²) in [6.07, 6.45) is 0. The Morgan fingerprint density at radius 2 is 1.00 bits per heavy atom. The molecule has 0 amide bonds. The van der Waals surface area contributed by atoms with Crippen LogP contribution in [0.25, 0.3) is 0 Å². The van der Waals surface area contributed by atoms with Crippen molar-refractivity contribution in [3.8, 4) is 0 Å². The van der Waals surface area contributed by atoms with E-state index < -0.39 is 5.92 Å². The average molecular weight is 160 g/mol. The molecule has 0 saturated carbocycles. The van der Waals surface area contributed by atoms with Gasteiger partial charge in [-0.25, -0.2) is 8.78 Å². The first-order valence-electron chi connectivity index (χ1n) is 1.38. The molecule has 0 bridgehead atoms. The van der Waals surface area contributed by atoms with Crippen LogP contribution >= 0.6 is 0 Å². The van der Waals surface area contributed by atoms with E-state index in [1.165, 1.54) is 0 Å². The van der Waals surface area contributed by atoms with E-state index in [0.29, 0.717) is 0 Å². The molecule has 0 aromatic rings. The molecule has 0 nitrogen and oxygen atoms in total. The fourth-order valence-corrected chi connectivity index (χ4v) is 0. The Bertz CT molecular complexity index is 26.4. The summed E-state index contributed by atoms with van der Waals surface area (Å²) in [5.74, 6) is -2.50. The van der Waals surface area contributed by atoms with E-state index in [2.05, 4.69) is 0 Å². The number of alkyl halides is 2. The molecule has 0 unspecified atom stereocenters. The second-order valence-corrected chi connectivity index (χ2v) is 1.33. The van der Waals surface area contributed by atoms with Crippen LogP contribution in [0.5, 0.6) is 0 Å². The maximum atomic E-state index is 11.0. The van der Waals surface area contributed by atoms with Gasteiger partial charge in [-0.2, -0.15) is 0 Å². The summed E-state index contributed by atoms with van der Waals surface area (Å²) in [5.41, 5.74) is 0. The Hall–Kier alpha value is 3.13. The van der Waals surface area contributed by atoms with Crippen molar-refractivity contribution in [1.29, 1.82) is 0 Å². The minimum atomic E-state index is -2.50. The Labute approximate surface area is 128 Å². The topological polar surface area (TPSA) is 0 Å². The summed E-state index contributed by atoms with van der Waals surface area (Å²) in [5, 5.41) is 0. The van der Waals surface area contributed by atoms with E-state index in [1.54, 1.807) is 0 Å². The summed E-state index contributed by atoms with van der Waals surface area (Å²) in [6, 6.07) is 0. The van der Waals surface area contributed by atoms with Crippen LogP contribution in [0.4, 0.5) is 8.78 Å². The molecule has 0 rings (SSSR count). The summed E-state index contributed by atoms with van der Waals surface area (Å²) in [6.45, 7) is 1.71. The molecule has 4 heteroatoms. The molecular weight excluding hydrogens is 152 g/mol. The zero-order valence-electron chi connectivity index (χ0n) is 3.26. The third-order valence-electron chi connectivity index (χ3n) is 0. The predicted molar refractivity (Wildman–Crippen MR) is 30.6 cm³/mol.